The molecule has 1 atom stereocenters. The molecule has 0 aliphatic carbocycles. The SMILES string of the molecule is CC(=O)N1c2ccc(S(=O)(=O)N3CCCCC3)cc2CC1C(=O)Nc1ccc(Cl)cc1. The van der Waals surface area contributed by atoms with Gasteiger partial charge in [-0.05, 0) is 60.9 Å². The molecule has 2 aromatic rings. The van der Waals surface area contributed by atoms with E-state index in [0.717, 1.165) is 19.3 Å². The average molecular weight is 462 g/mol. The summed E-state index contributed by atoms with van der Waals surface area (Å²) in [5, 5.41) is 3.36. The van der Waals surface area contributed by atoms with E-state index in [1.54, 1.807) is 36.4 Å². The first-order chi connectivity index (χ1) is 14.8. The van der Waals surface area contributed by atoms with Crippen molar-refractivity contribution >= 4 is 44.8 Å². The number of amides is 2. The van der Waals surface area contributed by atoms with Crippen molar-refractivity contribution in [1.29, 1.82) is 0 Å². The van der Waals surface area contributed by atoms with Gasteiger partial charge < -0.3 is 5.32 Å². The maximum Gasteiger partial charge on any atom is 0.247 e. The van der Waals surface area contributed by atoms with Crippen LogP contribution in [0.5, 0.6) is 0 Å². The second-order valence-electron chi connectivity index (χ2n) is 7.86. The fourth-order valence-corrected chi connectivity index (χ4v) is 5.89. The Hall–Kier alpha value is -2.42. The van der Waals surface area contributed by atoms with Crippen molar-refractivity contribution in [3.63, 3.8) is 0 Å². The number of fused-ring (bicyclic) bond motifs is 1. The topological polar surface area (TPSA) is 86.8 Å². The molecule has 0 radical (unpaired) electrons. The standard InChI is InChI=1S/C22H24ClN3O4S/c1-15(27)26-20-10-9-19(31(29,30)25-11-3-2-4-12-25)13-16(20)14-21(26)22(28)24-18-7-5-17(23)6-8-18/h5-10,13,21H,2-4,11-12,14H2,1H3,(H,24,28). The van der Waals surface area contributed by atoms with Crippen LogP contribution >= 0.6 is 11.6 Å². The molecule has 1 unspecified atom stereocenters. The number of nitrogens with one attached hydrogen (secondary N) is 1. The molecule has 2 amide bonds. The minimum atomic E-state index is -3.59. The highest BCUT2D eigenvalue weighted by Crippen LogP contribution is 2.35. The average Bonchev–Trinajstić information content (AvgIpc) is 3.15. The molecule has 2 aromatic carbocycles. The van der Waals surface area contributed by atoms with E-state index < -0.39 is 16.1 Å². The predicted octanol–water partition coefficient (Wildman–Crippen LogP) is 3.43. The zero-order valence-electron chi connectivity index (χ0n) is 17.2. The molecular formula is C22H24ClN3O4S. The normalized spacial score (nSPS) is 19.2. The number of hydrogen-bond donors (Lipinski definition) is 1. The molecule has 1 fully saturated rings. The number of hydrogen-bond acceptors (Lipinski definition) is 4. The largest absolute Gasteiger partial charge is 0.324 e. The summed E-state index contributed by atoms with van der Waals surface area (Å²) >= 11 is 5.89. The van der Waals surface area contributed by atoms with Crippen LogP contribution < -0.4 is 10.2 Å². The first kappa shape index (κ1) is 21.8. The molecule has 4 rings (SSSR count). The second kappa shape index (κ2) is 8.61. The van der Waals surface area contributed by atoms with Crippen LogP contribution in [0.2, 0.25) is 5.02 Å². The fourth-order valence-electron chi connectivity index (χ4n) is 4.20. The number of benzene rings is 2. The van der Waals surface area contributed by atoms with Crippen LogP contribution in [0.4, 0.5) is 11.4 Å². The Morgan fingerprint density at radius 2 is 1.71 bits per heavy atom. The maximum atomic E-state index is 13.0. The summed E-state index contributed by atoms with van der Waals surface area (Å²) in [4.78, 5) is 26.9. The number of piperidine rings is 1. The van der Waals surface area contributed by atoms with E-state index in [2.05, 4.69) is 5.32 Å². The zero-order valence-corrected chi connectivity index (χ0v) is 18.7. The second-order valence-corrected chi connectivity index (χ2v) is 10.2. The minimum Gasteiger partial charge on any atom is -0.324 e. The molecule has 31 heavy (non-hydrogen) atoms. The van der Waals surface area contributed by atoms with Crippen molar-refractivity contribution in [3.05, 3.63) is 53.1 Å². The lowest BCUT2D eigenvalue weighted by atomic mass is 10.1. The predicted molar refractivity (Wildman–Crippen MR) is 120 cm³/mol. The van der Waals surface area contributed by atoms with Crippen LogP contribution in [0.25, 0.3) is 0 Å². The van der Waals surface area contributed by atoms with Gasteiger partial charge in [0.25, 0.3) is 0 Å². The van der Waals surface area contributed by atoms with Crippen molar-refractivity contribution < 1.29 is 18.0 Å². The van der Waals surface area contributed by atoms with Gasteiger partial charge in [0.1, 0.15) is 6.04 Å². The highest BCUT2D eigenvalue weighted by molar-refractivity contribution is 7.89. The third-order valence-electron chi connectivity index (χ3n) is 5.74. The summed E-state index contributed by atoms with van der Waals surface area (Å²) in [5.74, 6) is -0.615. The quantitative estimate of drug-likeness (QED) is 0.755. The number of sulfonamides is 1. The van der Waals surface area contributed by atoms with Gasteiger partial charge in [-0.25, -0.2) is 8.42 Å². The minimum absolute atomic E-state index is 0.204. The van der Waals surface area contributed by atoms with E-state index in [1.807, 2.05) is 0 Å². The Morgan fingerprint density at radius 3 is 2.35 bits per heavy atom. The molecule has 2 heterocycles. The molecule has 0 bridgehead atoms. The zero-order chi connectivity index (χ0) is 22.2. The molecule has 0 aromatic heterocycles. The Kier molecular flexibility index (Phi) is 6.05. The molecule has 1 saturated heterocycles. The van der Waals surface area contributed by atoms with Crippen molar-refractivity contribution in [1.82, 2.24) is 4.31 Å². The van der Waals surface area contributed by atoms with Gasteiger partial charge in [-0.2, -0.15) is 4.31 Å². The van der Waals surface area contributed by atoms with Crippen molar-refractivity contribution in [2.24, 2.45) is 0 Å². The summed E-state index contributed by atoms with van der Waals surface area (Å²) in [6.07, 6.45) is 3.00. The molecule has 2 aliphatic rings. The molecule has 1 N–H and O–H groups in total. The summed E-state index contributed by atoms with van der Waals surface area (Å²) in [5.41, 5.74) is 1.81. The fraction of sp³-hybridized carbons (Fsp3) is 0.364. The third kappa shape index (κ3) is 4.33. The number of anilines is 2. The smallest absolute Gasteiger partial charge is 0.247 e. The van der Waals surface area contributed by atoms with Crippen LogP contribution in [0.3, 0.4) is 0 Å². The number of carbonyl (C=O) groups excluding carboxylic acids is 2. The summed E-state index contributed by atoms with van der Waals surface area (Å²) in [6, 6.07) is 10.7. The van der Waals surface area contributed by atoms with Crippen LogP contribution in [-0.2, 0) is 26.0 Å². The van der Waals surface area contributed by atoms with E-state index >= 15 is 0 Å². The third-order valence-corrected chi connectivity index (χ3v) is 7.89. The lowest BCUT2D eigenvalue weighted by Crippen LogP contribution is -2.44. The molecule has 0 spiro atoms. The molecule has 9 heteroatoms. The van der Waals surface area contributed by atoms with Gasteiger partial charge in [0.2, 0.25) is 21.8 Å². The summed E-state index contributed by atoms with van der Waals surface area (Å²) in [7, 11) is -3.59. The van der Waals surface area contributed by atoms with Crippen LogP contribution in [0.1, 0.15) is 31.7 Å². The Bertz CT molecular complexity index is 1110. The monoisotopic (exact) mass is 461 g/mol. The van der Waals surface area contributed by atoms with Gasteiger partial charge in [-0.1, -0.05) is 18.0 Å². The first-order valence-corrected chi connectivity index (χ1v) is 12.1. The maximum absolute atomic E-state index is 13.0. The van der Waals surface area contributed by atoms with Gasteiger partial charge in [0.15, 0.2) is 0 Å². The lowest BCUT2D eigenvalue weighted by Gasteiger charge is -2.26. The van der Waals surface area contributed by atoms with Gasteiger partial charge in [0, 0.05) is 42.8 Å². The van der Waals surface area contributed by atoms with E-state index in [1.165, 1.54) is 22.2 Å². The van der Waals surface area contributed by atoms with Crippen LogP contribution in [-0.4, -0.2) is 43.7 Å². The van der Waals surface area contributed by atoms with Gasteiger partial charge in [-0.3, -0.25) is 14.5 Å². The number of rotatable bonds is 4. The van der Waals surface area contributed by atoms with Gasteiger partial charge >= 0.3 is 0 Å². The van der Waals surface area contributed by atoms with E-state index in [0.29, 0.717) is 35.1 Å². The van der Waals surface area contributed by atoms with Crippen LogP contribution in [0.15, 0.2) is 47.4 Å². The lowest BCUT2D eigenvalue weighted by molar-refractivity contribution is -0.122. The van der Waals surface area contributed by atoms with E-state index in [9.17, 15) is 18.0 Å². The summed E-state index contributed by atoms with van der Waals surface area (Å²) < 4.78 is 27.6. The Labute approximate surface area is 187 Å². The molecule has 2 aliphatic heterocycles. The van der Waals surface area contributed by atoms with Crippen molar-refractivity contribution in [3.8, 4) is 0 Å². The highest BCUT2D eigenvalue weighted by Gasteiger charge is 2.38. The number of halogens is 1. The molecular weight excluding hydrogens is 438 g/mol. The first-order valence-electron chi connectivity index (χ1n) is 10.3. The molecule has 0 saturated carbocycles. The van der Waals surface area contributed by atoms with Gasteiger partial charge in [-0.15, -0.1) is 0 Å². The van der Waals surface area contributed by atoms with E-state index in [-0.39, 0.29) is 23.1 Å². The number of carbonyl (C=O) groups is 2. The van der Waals surface area contributed by atoms with E-state index in [4.69, 9.17) is 11.6 Å². The highest BCUT2D eigenvalue weighted by atomic mass is 35.5. The Balaban J connectivity index is 1.60. The van der Waals surface area contributed by atoms with Crippen molar-refractivity contribution in [2.75, 3.05) is 23.3 Å². The molecule has 164 valence electrons. The van der Waals surface area contributed by atoms with Crippen LogP contribution in [0, 0.1) is 0 Å². The van der Waals surface area contributed by atoms with Gasteiger partial charge in [0.05, 0.1) is 4.90 Å². The summed E-state index contributed by atoms with van der Waals surface area (Å²) in [6.45, 7) is 2.44. The number of nitrogens with zero attached hydrogens (tertiary/aromatic N) is 2. The van der Waals surface area contributed by atoms with Crippen molar-refractivity contribution in [2.45, 2.75) is 43.5 Å². The Morgan fingerprint density at radius 1 is 1.03 bits per heavy atom. The molecule has 7 nitrogen and oxygen atoms in total.